The van der Waals surface area contributed by atoms with Crippen LogP contribution in [-0.4, -0.2) is 70.8 Å². The molecule has 36 heavy (non-hydrogen) atoms. The maximum absolute atomic E-state index is 13.2. The van der Waals surface area contributed by atoms with Crippen molar-refractivity contribution in [1.29, 1.82) is 0 Å². The lowest BCUT2D eigenvalue weighted by Gasteiger charge is -2.25. The van der Waals surface area contributed by atoms with Gasteiger partial charge in [0.1, 0.15) is 5.75 Å². The number of hydrogen-bond donors (Lipinski definition) is 0. The molecule has 1 saturated heterocycles. The molecule has 1 aliphatic rings. The van der Waals surface area contributed by atoms with Gasteiger partial charge in [0, 0.05) is 39.3 Å². The van der Waals surface area contributed by atoms with Crippen molar-refractivity contribution in [1.82, 2.24) is 19.6 Å². The van der Waals surface area contributed by atoms with Crippen LogP contribution in [0.15, 0.2) is 67.0 Å². The maximum Gasteiger partial charge on any atom is 0.242 e. The number of methoxy groups -OCH3 is 1. The van der Waals surface area contributed by atoms with E-state index in [0.29, 0.717) is 39.1 Å². The molecule has 0 bridgehead atoms. The molecule has 1 fully saturated rings. The van der Waals surface area contributed by atoms with Crippen LogP contribution >= 0.6 is 0 Å². The van der Waals surface area contributed by atoms with Crippen LogP contribution in [0.3, 0.4) is 0 Å². The monoisotopic (exact) mass is 490 g/mol. The van der Waals surface area contributed by atoms with Gasteiger partial charge in [-0.15, -0.1) is 0 Å². The smallest absolute Gasteiger partial charge is 0.242 e. The highest BCUT2D eigenvalue weighted by Gasteiger charge is 2.30. The van der Waals surface area contributed by atoms with Crippen molar-refractivity contribution in [2.24, 2.45) is 7.05 Å². The molecule has 4 rings (SSSR count). The number of nitrogens with zero attached hydrogens (tertiary/aromatic N) is 4. The van der Waals surface area contributed by atoms with E-state index in [1.54, 1.807) is 22.9 Å². The summed E-state index contributed by atoms with van der Waals surface area (Å²) < 4.78 is 13.3. The van der Waals surface area contributed by atoms with Crippen molar-refractivity contribution in [2.75, 3.05) is 33.3 Å². The van der Waals surface area contributed by atoms with E-state index in [0.717, 1.165) is 23.3 Å². The normalized spacial score (nSPS) is 16.2. The molecule has 0 spiro atoms. The average Bonchev–Trinajstić information content (AvgIpc) is 3.25. The Morgan fingerprint density at radius 3 is 2.58 bits per heavy atom. The quantitative estimate of drug-likeness (QED) is 0.437. The van der Waals surface area contributed by atoms with Crippen LogP contribution in [0.2, 0.25) is 0 Å². The summed E-state index contributed by atoms with van der Waals surface area (Å²) in [5.41, 5.74) is 3.16. The van der Waals surface area contributed by atoms with E-state index in [1.807, 2.05) is 60.6 Å². The summed E-state index contributed by atoms with van der Waals surface area (Å²) in [7, 11) is 3.49. The van der Waals surface area contributed by atoms with Gasteiger partial charge in [-0.05, 0) is 41.7 Å². The van der Waals surface area contributed by atoms with Gasteiger partial charge in [-0.2, -0.15) is 5.10 Å². The molecule has 2 aromatic carbocycles. The van der Waals surface area contributed by atoms with E-state index in [2.05, 4.69) is 17.2 Å². The van der Waals surface area contributed by atoms with Gasteiger partial charge in [0.25, 0.3) is 0 Å². The topological polar surface area (TPSA) is 76.9 Å². The number of benzene rings is 2. The Bertz CT molecular complexity index is 1150. The number of carbonyl (C=O) groups is 2. The fourth-order valence-electron chi connectivity index (χ4n) is 4.39. The molecule has 2 amide bonds. The summed E-state index contributed by atoms with van der Waals surface area (Å²) in [4.78, 5) is 29.8. The molecule has 1 aliphatic heterocycles. The lowest BCUT2D eigenvalue weighted by Crippen LogP contribution is -2.40. The fourth-order valence-corrected chi connectivity index (χ4v) is 4.39. The highest BCUT2D eigenvalue weighted by atomic mass is 16.5. The van der Waals surface area contributed by atoms with Crippen molar-refractivity contribution >= 4 is 11.8 Å². The zero-order valence-electron chi connectivity index (χ0n) is 21.0. The first kappa shape index (κ1) is 25.4. The number of amides is 2. The Labute approximate surface area is 212 Å². The molecular weight excluding hydrogens is 456 g/mol. The number of aryl methyl sites for hydroxylation is 2. The SMILES string of the molecule is COc1cccc(COC2CN(CCc3ccccc3)C(=O)CN(C(=O)CCc3cnn(C)c3)C2)c1. The zero-order chi connectivity index (χ0) is 25.3. The highest BCUT2D eigenvalue weighted by Crippen LogP contribution is 2.17. The summed E-state index contributed by atoms with van der Waals surface area (Å²) in [6.07, 6.45) is 5.05. The summed E-state index contributed by atoms with van der Waals surface area (Å²) in [5.74, 6) is 0.670. The Hall–Kier alpha value is -3.65. The molecule has 1 aromatic heterocycles. The van der Waals surface area contributed by atoms with Gasteiger partial charge < -0.3 is 19.3 Å². The molecule has 1 atom stereocenters. The predicted molar refractivity (Wildman–Crippen MR) is 136 cm³/mol. The van der Waals surface area contributed by atoms with E-state index in [9.17, 15) is 9.59 Å². The number of carbonyl (C=O) groups excluding carboxylic acids is 2. The van der Waals surface area contributed by atoms with Crippen LogP contribution in [0.4, 0.5) is 0 Å². The highest BCUT2D eigenvalue weighted by molar-refractivity contribution is 5.85. The van der Waals surface area contributed by atoms with Gasteiger partial charge in [0.15, 0.2) is 0 Å². The first-order valence-corrected chi connectivity index (χ1v) is 12.3. The van der Waals surface area contributed by atoms with Crippen LogP contribution in [0.25, 0.3) is 0 Å². The van der Waals surface area contributed by atoms with Crippen LogP contribution < -0.4 is 4.74 Å². The van der Waals surface area contributed by atoms with Gasteiger partial charge in [0.2, 0.25) is 11.8 Å². The van der Waals surface area contributed by atoms with Crippen molar-refractivity contribution in [2.45, 2.75) is 32.0 Å². The second-order valence-electron chi connectivity index (χ2n) is 9.16. The molecule has 3 aromatic rings. The number of rotatable bonds is 10. The third kappa shape index (κ3) is 7.18. The molecule has 190 valence electrons. The van der Waals surface area contributed by atoms with E-state index < -0.39 is 0 Å². The van der Waals surface area contributed by atoms with Gasteiger partial charge in [-0.1, -0.05) is 42.5 Å². The van der Waals surface area contributed by atoms with Crippen molar-refractivity contribution < 1.29 is 19.1 Å². The largest absolute Gasteiger partial charge is 0.497 e. The van der Waals surface area contributed by atoms with Gasteiger partial charge in [0.05, 0.1) is 32.6 Å². The standard InChI is InChI=1S/C28H34N4O4/c1-30-17-24(16-29-30)11-12-27(33)32-19-26(36-21-23-9-6-10-25(15-23)35-2)18-31(28(34)20-32)14-13-22-7-4-3-5-8-22/h3-10,15-17,26H,11-14,18-21H2,1-2H3. The second-order valence-corrected chi connectivity index (χ2v) is 9.16. The Morgan fingerprint density at radius 2 is 1.83 bits per heavy atom. The molecule has 8 heteroatoms. The number of aromatic nitrogens is 2. The molecule has 0 saturated carbocycles. The van der Waals surface area contributed by atoms with E-state index in [1.165, 1.54) is 5.56 Å². The molecule has 8 nitrogen and oxygen atoms in total. The molecular formula is C28H34N4O4. The molecule has 0 radical (unpaired) electrons. The summed E-state index contributed by atoms with van der Waals surface area (Å²) in [6.45, 7) is 1.85. The number of hydrogen-bond acceptors (Lipinski definition) is 5. The van der Waals surface area contributed by atoms with Gasteiger partial charge in [-0.3, -0.25) is 14.3 Å². The van der Waals surface area contributed by atoms with Crippen molar-refractivity contribution in [3.8, 4) is 5.75 Å². The molecule has 2 heterocycles. The first-order chi connectivity index (χ1) is 17.5. The minimum atomic E-state index is -0.291. The van der Waals surface area contributed by atoms with Gasteiger partial charge in [-0.25, -0.2) is 0 Å². The first-order valence-electron chi connectivity index (χ1n) is 12.3. The Morgan fingerprint density at radius 1 is 1.03 bits per heavy atom. The van der Waals surface area contributed by atoms with E-state index in [4.69, 9.17) is 9.47 Å². The van der Waals surface area contributed by atoms with Crippen molar-refractivity contribution in [3.63, 3.8) is 0 Å². The van der Waals surface area contributed by atoms with Crippen LogP contribution in [0.5, 0.6) is 5.75 Å². The minimum Gasteiger partial charge on any atom is -0.497 e. The zero-order valence-corrected chi connectivity index (χ0v) is 21.0. The van der Waals surface area contributed by atoms with Crippen molar-refractivity contribution in [3.05, 3.63) is 83.7 Å². The summed E-state index contributed by atoms with van der Waals surface area (Å²) >= 11 is 0. The minimum absolute atomic E-state index is 0.0480. The average molecular weight is 491 g/mol. The molecule has 0 N–H and O–H groups in total. The van der Waals surface area contributed by atoms with Gasteiger partial charge >= 0.3 is 0 Å². The Balaban J connectivity index is 1.43. The summed E-state index contributed by atoms with van der Waals surface area (Å²) in [5, 5.41) is 4.17. The van der Waals surface area contributed by atoms with E-state index in [-0.39, 0.29) is 24.5 Å². The van der Waals surface area contributed by atoms with Crippen LogP contribution in [0.1, 0.15) is 23.1 Å². The fraction of sp³-hybridized carbons (Fsp3) is 0.393. The third-order valence-corrected chi connectivity index (χ3v) is 6.40. The lowest BCUT2D eigenvalue weighted by molar-refractivity contribution is -0.138. The predicted octanol–water partition coefficient (Wildman–Crippen LogP) is 2.86. The van der Waals surface area contributed by atoms with Crippen LogP contribution in [-0.2, 0) is 40.8 Å². The third-order valence-electron chi connectivity index (χ3n) is 6.40. The maximum atomic E-state index is 13.2. The second kappa shape index (κ2) is 12.4. The summed E-state index contributed by atoms with van der Waals surface area (Å²) in [6, 6.07) is 17.8. The van der Waals surface area contributed by atoms with E-state index >= 15 is 0 Å². The van der Waals surface area contributed by atoms with Crippen LogP contribution in [0, 0.1) is 0 Å². The Kier molecular flexibility index (Phi) is 8.73. The molecule has 1 unspecified atom stereocenters. The molecule has 0 aliphatic carbocycles. The lowest BCUT2D eigenvalue weighted by atomic mass is 10.1. The number of ether oxygens (including phenoxy) is 2.